The van der Waals surface area contributed by atoms with Crippen molar-refractivity contribution in [2.45, 2.75) is 26.4 Å². The van der Waals surface area contributed by atoms with Crippen LogP contribution in [0.15, 0.2) is 59.2 Å². The highest BCUT2D eigenvalue weighted by molar-refractivity contribution is 6.06. The van der Waals surface area contributed by atoms with Gasteiger partial charge in [0.2, 0.25) is 0 Å². The number of allylic oxidation sites excluding steroid dienone is 1. The number of benzene rings is 2. The zero-order valence-corrected chi connectivity index (χ0v) is 19.6. The molecule has 0 aromatic heterocycles. The molecule has 1 aliphatic rings. The summed E-state index contributed by atoms with van der Waals surface area (Å²) in [5.74, 6) is 0.640. The molecular weight excluding hydrogens is 436 g/mol. The first kappa shape index (κ1) is 24.8. The Morgan fingerprint density at radius 3 is 2.41 bits per heavy atom. The lowest BCUT2D eigenvalue weighted by Crippen LogP contribution is -2.41. The Bertz CT molecular complexity index is 1090. The van der Waals surface area contributed by atoms with Crippen molar-refractivity contribution in [3.05, 3.63) is 65.4 Å². The van der Waals surface area contributed by atoms with Crippen molar-refractivity contribution in [2.75, 3.05) is 26.7 Å². The second kappa shape index (κ2) is 11.3. The highest BCUT2D eigenvalue weighted by Gasteiger charge is 2.21. The average molecular weight is 467 g/mol. The van der Waals surface area contributed by atoms with E-state index in [0.29, 0.717) is 22.8 Å². The Labute approximate surface area is 198 Å². The van der Waals surface area contributed by atoms with Gasteiger partial charge in [-0.15, -0.1) is 0 Å². The first-order valence-corrected chi connectivity index (χ1v) is 11.0. The first-order valence-electron chi connectivity index (χ1n) is 11.0. The molecule has 9 nitrogen and oxygen atoms in total. The Morgan fingerprint density at radius 1 is 1.15 bits per heavy atom. The summed E-state index contributed by atoms with van der Waals surface area (Å²) in [6, 6.07) is 11.5. The smallest absolute Gasteiger partial charge is 0.279 e. The van der Waals surface area contributed by atoms with Crippen molar-refractivity contribution in [1.29, 1.82) is 0 Å². The van der Waals surface area contributed by atoms with Crippen molar-refractivity contribution in [3.8, 4) is 17.2 Å². The van der Waals surface area contributed by atoms with E-state index < -0.39 is 12.0 Å². The van der Waals surface area contributed by atoms with Gasteiger partial charge in [-0.1, -0.05) is 0 Å². The number of hydrogen-bond acceptors (Lipinski definition) is 6. The number of carbonyl (C=O) groups is 2. The van der Waals surface area contributed by atoms with Gasteiger partial charge in [0.1, 0.15) is 29.2 Å². The fourth-order valence-electron chi connectivity index (χ4n) is 3.10. The number of nitrogens with two attached hydrogens (primary N) is 1. The number of nitrogens with one attached hydrogen (secondary N) is 1. The van der Waals surface area contributed by atoms with Gasteiger partial charge in [-0.2, -0.15) is 4.99 Å². The standard InChI is InChI=1S/C25H30N4O5/c1-16(27-3)11-23(26)28-24(31)19-12-21(33-17(2)15-30)14-22(13-19)34-20-7-5-18(6-8-20)25(32)29-9-4-10-29/h5-8,11-14,17,27,30H,4,9-10,15H2,1-3H3,(H2,26,28,31)/b16-11-/t17-/m0/s1. The van der Waals surface area contributed by atoms with Crippen LogP contribution in [-0.2, 0) is 0 Å². The molecule has 0 aliphatic carbocycles. The molecule has 0 bridgehead atoms. The zero-order chi connectivity index (χ0) is 24.7. The molecule has 1 fully saturated rings. The van der Waals surface area contributed by atoms with Gasteiger partial charge in [-0.25, -0.2) is 0 Å². The van der Waals surface area contributed by atoms with Crippen LogP contribution in [0.4, 0.5) is 0 Å². The minimum Gasteiger partial charge on any atom is -0.488 e. The van der Waals surface area contributed by atoms with E-state index in [9.17, 15) is 14.7 Å². The van der Waals surface area contributed by atoms with E-state index in [1.807, 2.05) is 0 Å². The molecule has 180 valence electrons. The molecule has 0 unspecified atom stereocenters. The summed E-state index contributed by atoms with van der Waals surface area (Å²) in [7, 11) is 1.74. The summed E-state index contributed by atoms with van der Waals surface area (Å²) in [6.45, 7) is 4.87. The molecule has 2 aromatic carbocycles. The molecule has 1 heterocycles. The molecule has 1 saturated heterocycles. The number of aliphatic imine (C=N–C) groups is 1. The third kappa shape index (κ3) is 6.58. The topological polar surface area (TPSA) is 126 Å². The number of rotatable bonds is 9. The number of amides is 2. The number of amidine groups is 1. The summed E-state index contributed by atoms with van der Waals surface area (Å²) in [5.41, 5.74) is 7.40. The van der Waals surface area contributed by atoms with E-state index >= 15 is 0 Å². The summed E-state index contributed by atoms with van der Waals surface area (Å²) < 4.78 is 11.6. The summed E-state index contributed by atoms with van der Waals surface area (Å²) >= 11 is 0. The lowest BCUT2D eigenvalue weighted by Gasteiger charge is -2.30. The van der Waals surface area contributed by atoms with Crippen molar-refractivity contribution in [3.63, 3.8) is 0 Å². The van der Waals surface area contributed by atoms with Crippen LogP contribution in [0, 0.1) is 0 Å². The van der Waals surface area contributed by atoms with Gasteiger partial charge in [0.25, 0.3) is 11.8 Å². The summed E-state index contributed by atoms with van der Waals surface area (Å²) in [5, 5.41) is 12.2. The maximum absolute atomic E-state index is 12.7. The summed E-state index contributed by atoms with van der Waals surface area (Å²) in [6.07, 6.45) is 2.09. The molecule has 0 spiro atoms. The van der Waals surface area contributed by atoms with Gasteiger partial charge in [-0.3, -0.25) is 9.59 Å². The number of hydrogen-bond donors (Lipinski definition) is 3. The quantitative estimate of drug-likeness (QED) is 0.383. The van der Waals surface area contributed by atoms with Gasteiger partial charge in [0.15, 0.2) is 0 Å². The lowest BCUT2D eigenvalue weighted by molar-refractivity contribution is 0.0651. The van der Waals surface area contributed by atoms with Gasteiger partial charge in [0, 0.05) is 43.0 Å². The maximum atomic E-state index is 12.7. The second-order valence-corrected chi connectivity index (χ2v) is 8.00. The third-order valence-corrected chi connectivity index (χ3v) is 5.19. The third-order valence-electron chi connectivity index (χ3n) is 5.19. The fraction of sp³-hybridized carbons (Fsp3) is 0.320. The van der Waals surface area contributed by atoms with Crippen LogP contribution in [0.3, 0.4) is 0 Å². The van der Waals surface area contributed by atoms with Gasteiger partial charge >= 0.3 is 0 Å². The van der Waals surface area contributed by atoms with Crippen LogP contribution >= 0.6 is 0 Å². The van der Waals surface area contributed by atoms with Crippen LogP contribution < -0.4 is 20.5 Å². The number of carbonyl (C=O) groups excluding carboxylic acids is 2. The number of ether oxygens (including phenoxy) is 2. The average Bonchev–Trinajstić information content (AvgIpc) is 2.77. The van der Waals surface area contributed by atoms with Crippen LogP contribution in [0.5, 0.6) is 17.2 Å². The number of aliphatic hydroxyl groups is 1. The van der Waals surface area contributed by atoms with Gasteiger partial charge < -0.3 is 30.5 Å². The van der Waals surface area contributed by atoms with E-state index in [1.54, 1.807) is 62.2 Å². The molecule has 3 rings (SSSR count). The van der Waals surface area contributed by atoms with E-state index in [1.165, 1.54) is 12.1 Å². The first-order chi connectivity index (χ1) is 16.3. The highest BCUT2D eigenvalue weighted by atomic mass is 16.5. The SMILES string of the molecule is CN/C(C)=C\C(N)=NC(=O)c1cc(Oc2ccc(C(=O)N3CCC3)cc2)cc(O[C@@H](C)CO)c1. The molecular formula is C25H30N4O5. The van der Waals surface area contributed by atoms with Gasteiger partial charge in [-0.05, 0) is 62.7 Å². The molecule has 2 aromatic rings. The molecule has 34 heavy (non-hydrogen) atoms. The predicted octanol–water partition coefficient (Wildman–Crippen LogP) is 2.71. The number of aliphatic hydroxyl groups excluding tert-OH is 1. The van der Waals surface area contributed by atoms with Crippen LogP contribution in [0.25, 0.3) is 0 Å². The van der Waals surface area contributed by atoms with Crippen molar-refractivity contribution in [2.24, 2.45) is 10.7 Å². The Hall–Kier alpha value is -3.85. The van der Waals surface area contributed by atoms with E-state index in [-0.39, 0.29) is 23.9 Å². The molecule has 1 aliphatic heterocycles. The van der Waals surface area contributed by atoms with Crippen molar-refractivity contribution >= 4 is 17.6 Å². The minimum atomic E-state index is -0.569. The molecule has 4 N–H and O–H groups in total. The highest BCUT2D eigenvalue weighted by Crippen LogP contribution is 2.29. The Morgan fingerprint density at radius 2 is 1.82 bits per heavy atom. The van der Waals surface area contributed by atoms with Gasteiger partial charge in [0.05, 0.1) is 6.61 Å². The van der Waals surface area contributed by atoms with Crippen molar-refractivity contribution in [1.82, 2.24) is 10.2 Å². The molecule has 2 amide bonds. The maximum Gasteiger partial charge on any atom is 0.279 e. The van der Waals surface area contributed by atoms with Crippen molar-refractivity contribution < 1.29 is 24.2 Å². The van der Waals surface area contributed by atoms with Crippen LogP contribution in [0.1, 0.15) is 41.0 Å². The van der Waals surface area contributed by atoms with Crippen LogP contribution in [0.2, 0.25) is 0 Å². The predicted molar refractivity (Wildman–Crippen MR) is 129 cm³/mol. The number of likely N-dealkylation sites (tertiary alicyclic amines) is 1. The minimum absolute atomic E-state index is 0.00270. The molecule has 0 saturated carbocycles. The zero-order valence-electron chi connectivity index (χ0n) is 19.6. The van der Waals surface area contributed by atoms with E-state index in [0.717, 1.165) is 25.2 Å². The summed E-state index contributed by atoms with van der Waals surface area (Å²) in [4.78, 5) is 30.8. The van der Waals surface area contributed by atoms with Crippen LogP contribution in [-0.4, -0.2) is 60.5 Å². The lowest BCUT2D eigenvalue weighted by atomic mass is 10.1. The monoisotopic (exact) mass is 466 g/mol. The molecule has 0 radical (unpaired) electrons. The normalized spacial score (nSPS) is 14.8. The second-order valence-electron chi connectivity index (χ2n) is 8.00. The molecule has 1 atom stereocenters. The Balaban J connectivity index is 1.84. The van der Waals surface area contributed by atoms with E-state index in [2.05, 4.69) is 10.3 Å². The number of nitrogens with zero attached hydrogens (tertiary/aromatic N) is 2. The largest absolute Gasteiger partial charge is 0.488 e. The Kier molecular flexibility index (Phi) is 8.26. The molecule has 9 heteroatoms. The van der Waals surface area contributed by atoms with E-state index in [4.69, 9.17) is 15.2 Å². The fourth-order valence-corrected chi connectivity index (χ4v) is 3.10.